The van der Waals surface area contributed by atoms with Crippen LogP contribution in [0.2, 0.25) is 0 Å². The summed E-state index contributed by atoms with van der Waals surface area (Å²) in [4.78, 5) is 12.0. The van der Waals surface area contributed by atoms with Crippen molar-refractivity contribution in [3.05, 3.63) is 58.7 Å². The third kappa shape index (κ3) is 5.38. The number of anilines is 2. The van der Waals surface area contributed by atoms with Crippen LogP contribution in [0.25, 0.3) is 0 Å². The molecule has 0 aliphatic carbocycles. The highest BCUT2D eigenvalue weighted by Gasteiger charge is 2.36. The number of amides is 1. The molecule has 3 nitrogen and oxygen atoms in total. The van der Waals surface area contributed by atoms with Crippen molar-refractivity contribution < 1.29 is 31.1 Å². The number of aryl methyl sites for hydroxylation is 1. The van der Waals surface area contributed by atoms with Crippen molar-refractivity contribution in [3.8, 4) is 0 Å². The first-order chi connectivity index (χ1) is 12.4. The summed E-state index contributed by atoms with van der Waals surface area (Å²) in [7, 11) is 0. The molecule has 0 bridgehead atoms. The lowest BCUT2D eigenvalue weighted by atomic mass is 10.1. The Hall–Kier alpha value is -2.71. The average molecular weight is 390 g/mol. The van der Waals surface area contributed by atoms with Gasteiger partial charge in [-0.15, -0.1) is 0 Å². The van der Waals surface area contributed by atoms with Gasteiger partial charge < -0.3 is 10.6 Å². The Kier molecular flexibility index (Phi) is 5.72. The molecule has 0 aliphatic heterocycles. The third-order valence-electron chi connectivity index (χ3n) is 3.92. The van der Waals surface area contributed by atoms with Crippen molar-refractivity contribution in [1.82, 2.24) is 0 Å². The second-order valence-electron chi connectivity index (χ2n) is 5.94. The van der Waals surface area contributed by atoms with Crippen LogP contribution in [-0.4, -0.2) is 12.5 Å². The minimum absolute atomic E-state index is 0.0291. The highest BCUT2D eigenvalue weighted by Crippen LogP contribution is 2.37. The zero-order valence-corrected chi connectivity index (χ0v) is 14.3. The van der Waals surface area contributed by atoms with E-state index in [1.807, 2.05) is 13.0 Å². The normalized spacial score (nSPS) is 12.0. The van der Waals surface area contributed by atoms with Crippen molar-refractivity contribution in [3.63, 3.8) is 0 Å². The van der Waals surface area contributed by atoms with Crippen LogP contribution in [0, 0.1) is 13.8 Å². The second kappa shape index (κ2) is 7.50. The van der Waals surface area contributed by atoms with Gasteiger partial charge in [0.15, 0.2) is 0 Å². The first kappa shape index (κ1) is 20.6. The molecule has 0 heterocycles. The summed E-state index contributed by atoms with van der Waals surface area (Å²) < 4.78 is 77.0. The molecule has 9 heteroatoms. The Morgan fingerprint density at radius 3 is 2.00 bits per heavy atom. The summed E-state index contributed by atoms with van der Waals surface area (Å²) in [5.74, 6) is -0.602. The van der Waals surface area contributed by atoms with E-state index in [0.29, 0.717) is 17.8 Å². The van der Waals surface area contributed by atoms with E-state index in [1.54, 1.807) is 19.1 Å². The van der Waals surface area contributed by atoms with E-state index >= 15 is 0 Å². The van der Waals surface area contributed by atoms with Crippen LogP contribution in [0.3, 0.4) is 0 Å². The standard InChI is InChI=1S/C18H16F6N2O/c1-10-4-3-5-15(11(10)2)26-16(27)9-25-14-7-12(17(19,20)21)6-13(8-14)18(22,23)24/h3-8,25H,9H2,1-2H3,(H,26,27). The molecule has 0 atom stereocenters. The van der Waals surface area contributed by atoms with E-state index in [0.717, 1.165) is 11.1 Å². The largest absolute Gasteiger partial charge is 0.416 e. The van der Waals surface area contributed by atoms with E-state index < -0.39 is 41.6 Å². The molecule has 0 saturated carbocycles. The fourth-order valence-corrected chi connectivity index (χ4v) is 2.32. The number of nitrogens with one attached hydrogen (secondary N) is 2. The smallest absolute Gasteiger partial charge is 0.376 e. The zero-order valence-electron chi connectivity index (χ0n) is 14.3. The van der Waals surface area contributed by atoms with Crippen molar-refractivity contribution in [2.45, 2.75) is 26.2 Å². The number of carbonyl (C=O) groups is 1. The lowest BCUT2D eigenvalue weighted by Crippen LogP contribution is -2.23. The van der Waals surface area contributed by atoms with E-state index in [2.05, 4.69) is 10.6 Å². The Morgan fingerprint density at radius 2 is 1.48 bits per heavy atom. The van der Waals surface area contributed by atoms with Crippen molar-refractivity contribution in [2.75, 3.05) is 17.2 Å². The van der Waals surface area contributed by atoms with E-state index in [1.165, 1.54) is 0 Å². The molecule has 0 aliphatic rings. The van der Waals surface area contributed by atoms with Gasteiger partial charge in [-0.05, 0) is 49.2 Å². The Balaban J connectivity index is 2.17. The molecular formula is C18H16F6N2O. The maximum absolute atomic E-state index is 12.8. The topological polar surface area (TPSA) is 41.1 Å². The molecule has 2 N–H and O–H groups in total. The first-order valence-corrected chi connectivity index (χ1v) is 7.77. The van der Waals surface area contributed by atoms with Gasteiger partial charge in [0.25, 0.3) is 0 Å². The van der Waals surface area contributed by atoms with Crippen LogP contribution in [0.4, 0.5) is 37.7 Å². The minimum atomic E-state index is -4.95. The molecule has 0 aromatic heterocycles. The lowest BCUT2D eigenvalue weighted by molar-refractivity contribution is -0.143. The molecule has 146 valence electrons. The van der Waals surface area contributed by atoms with E-state index in [4.69, 9.17) is 0 Å². The van der Waals surface area contributed by atoms with Crippen LogP contribution in [0.1, 0.15) is 22.3 Å². The Labute approximate surface area is 151 Å². The molecule has 0 unspecified atom stereocenters. The third-order valence-corrected chi connectivity index (χ3v) is 3.92. The van der Waals surface area contributed by atoms with Crippen LogP contribution in [0.15, 0.2) is 36.4 Å². The summed E-state index contributed by atoms with van der Waals surface area (Å²) in [5.41, 5.74) is -1.10. The number of hydrogen-bond donors (Lipinski definition) is 2. The number of hydrogen-bond acceptors (Lipinski definition) is 2. The maximum Gasteiger partial charge on any atom is 0.416 e. The van der Waals surface area contributed by atoms with Crippen LogP contribution in [0.5, 0.6) is 0 Å². The van der Waals surface area contributed by atoms with E-state index in [-0.39, 0.29) is 6.07 Å². The fourth-order valence-electron chi connectivity index (χ4n) is 2.32. The predicted molar refractivity (Wildman–Crippen MR) is 89.5 cm³/mol. The highest BCUT2D eigenvalue weighted by atomic mass is 19.4. The van der Waals surface area contributed by atoms with Gasteiger partial charge >= 0.3 is 12.4 Å². The summed E-state index contributed by atoms with van der Waals surface area (Å²) in [5, 5.41) is 4.88. The van der Waals surface area contributed by atoms with Gasteiger partial charge in [-0.25, -0.2) is 0 Å². The fraction of sp³-hybridized carbons (Fsp3) is 0.278. The molecule has 0 fully saturated rings. The highest BCUT2D eigenvalue weighted by molar-refractivity contribution is 5.94. The van der Waals surface area contributed by atoms with Crippen LogP contribution >= 0.6 is 0 Å². The average Bonchev–Trinajstić information content (AvgIpc) is 2.55. The van der Waals surface area contributed by atoms with E-state index in [9.17, 15) is 31.1 Å². The lowest BCUT2D eigenvalue weighted by Gasteiger charge is -2.15. The molecule has 0 saturated heterocycles. The predicted octanol–water partition coefficient (Wildman–Crippen LogP) is 5.39. The van der Waals surface area contributed by atoms with Crippen molar-refractivity contribution >= 4 is 17.3 Å². The summed E-state index contributed by atoms with van der Waals surface area (Å²) in [6, 6.07) is 6.28. The van der Waals surface area contributed by atoms with Gasteiger partial charge in [-0.2, -0.15) is 26.3 Å². The molecular weight excluding hydrogens is 374 g/mol. The molecule has 2 rings (SSSR count). The van der Waals surface area contributed by atoms with Crippen molar-refractivity contribution in [1.29, 1.82) is 0 Å². The number of halogens is 6. The summed E-state index contributed by atoms with van der Waals surface area (Å²) in [6.07, 6.45) is -9.89. The monoisotopic (exact) mass is 390 g/mol. The zero-order chi connectivity index (χ0) is 20.4. The quantitative estimate of drug-likeness (QED) is 0.687. The molecule has 27 heavy (non-hydrogen) atoms. The van der Waals surface area contributed by atoms with Gasteiger partial charge in [0.05, 0.1) is 17.7 Å². The van der Waals surface area contributed by atoms with Crippen molar-refractivity contribution in [2.24, 2.45) is 0 Å². The summed E-state index contributed by atoms with van der Waals surface area (Å²) >= 11 is 0. The summed E-state index contributed by atoms with van der Waals surface area (Å²) in [6.45, 7) is 3.12. The van der Waals surface area contributed by atoms with Gasteiger partial charge in [0.1, 0.15) is 0 Å². The molecule has 2 aromatic rings. The number of rotatable bonds is 4. The number of benzene rings is 2. The first-order valence-electron chi connectivity index (χ1n) is 7.77. The number of alkyl halides is 6. The van der Waals surface area contributed by atoms with Gasteiger partial charge in [0.2, 0.25) is 5.91 Å². The van der Waals surface area contributed by atoms with Crippen LogP contribution in [-0.2, 0) is 17.1 Å². The Bertz CT molecular complexity index is 810. The molecule has 0 spiro atoms. The van der Waals surface area contributed by atoms with Gasteiger partial charge in [-0.3, -0.25) is 4.79 Å². The minimum Gasteiger partial charge on any atom is -0.376 e. The Morgan fingerprint density at radius 1 is 0.926 bits per heavy atom. The SMILES string of the molecule is Cc1cccc(NC(=O)CNc2cc(C(F)(F)F)cc(C(F)(F)F)c2)c1C. The second-order valence-corrected chi connectivity index (χ2v) is 5.94. The number of carbonyl (C=O) groups excluding carboxylic acids is 1. The molecule has 1 amide bonds. The van der Waals surface area contributed by atoms with Gasteiger partial charge in [-0.1, -0.05) is 12.1 Å². The molecule has 2 aromatic carbocycles. The van der Waals surface area contributed by atoms with Gasteiger partial charge in [0, 0.05) is 11.4 Å². The molecule has 0 radical (unpaired) electrons. The maximum atomic E-state index is 12.8. The van der Waals surface area contributed by atoms with Crippen LogP contribution < -0.4 is 10.6 Å².